The first-order valence-electron chi connectivity index (χ1n) is 10.7. The molecule has 0 radical (unpaired) electrons. The zero-order valence-corrected chi connectivity index (χ0v) is 18.6. The zero-order chi connectivity index (χ0) is 23.5. The predicted molar refractivity (Wildman–Crippen MR) is 124 cm³/mol. The molecule has 0 saturated carbocycles. The predicted octanol–water partition coefficient (Wildman–Crippen LogP) is 2.52. The van der Waals surface area contributed by atoms with Gasteiger partial charge >= 0.3 is 0 Å². The van der Waals surface area contributed by atoms with Crippen LogP contribution in [0.15, 0.2) is 48.5 Å². The fourth-order valence-corrected chi connectivity index (χ4v) is 4.08. The second-order valence-corrected chi connectivity index (χ2v) is 7.93. The molecule has 1 fully saturated rings. The molecule has 1 aliphatic heterocycles. The van der Waals surface area contributed by atoms with Crippen LogP contribution in [0, 0.1) is 0 Å². The maximum Gasteiger partial charge on any atom is 0.255 e. The van der Waals surface area contributed by atoms with Crippen molar-refractivity contribution >= 4 is 17.6 Å². The van der Waals surface area contributed by atoms with E-state index in [-0.39, 0.29) is 29.4 Å². The number of aromatic nitrogens is 2. The highest BCUT2D eigenvalue weighted by atomic mass is 16.5. The second kappa shape index (κ2) is 9.33. The lowest BCUT2D eigenvalue weighted by Gasteiger charge is -2.16. The Labute approximate surface area is 191 Å². The second-order valence-electron chi connectivity index (χ2n) is 7.93. The minimum absolute atomic E-state index is 0.0543. The summed E-state index contributed by atoms with van der Waals surface area (Å²) in [7, 11) is 1.53. The molecule has 1 saturated heterocycles. The number of hydrogen-bond acceptors (Lipinski definition) is 6. The van der Waals surface area contributed by atoms with E-state index in [1.54, 1.807) is 22.9 Å². The molecule has 0 bridgehead atoms. The largest absolute Gasteiger partial charge is 0.496 e. The number of benzene rings is 2. The molecule has 2 amide bonds. The van der Waals surface area contributed by atoms with Gasteiger partial charge in [-0.15, -0.1) is 0 Å². The van der Waals surface area contributed by atoms with Gasteiger partial charge in [0.25, 0.3) is 11.8 Å². The Balaban J connectivity index is 1.53. The summed E-state index contributed by atoms with van der Waals surface area (Å²) in [5.74, 6) is -0.104. The summed E-state index contributed by atoms with van der Waals surface area (Å²) in [6, 6.07) is 14.4. The van der Waals surface area contributed by atoms with Crippen molar-refractivity contribution in [1.82, 2.24) is 15.1 Å². The molecule has 0 spiro atoms. The van der Waals surface area contributed by atoms with E-state index in [0.29, 0.717) is 35.7 Å². The number of carbonyl (C=O) groups excluding carboxylic acids is 2. The highest BCUT2D eigenvalue weighted by Crippen LogP contribution is 2.34. The van der Waals surface area contributed by atoms with Crippen LogP contribution in [0.1, 0.15) is 45.7 Å². The third kappa shape index (κ3) is 4.40. The summed E-state index contributed by atoms with van der Waals surface area (Å²) in [6.07, 6.45) is 0.699. The molecule has 172 valence electrons. The molecule has 2 aromatic carbocycles. The molecule has 4 rings (SSSR count). The van der Waals surface area contributed by atoms with Gasteiger partial charge in [0.05, 0.1) is 24.8 Å². The van der Waals surface area contributed by atoms with Crippen LogP contribution in [0.3, 0.4) is 0 Å². The number of nitrogens with one attached hydrogen (secondary N) is 1. The average molecular weight is 450 g/mol. The van der Waals surface area contributed by atoms with E-state index >= 15 is 0 Å². The van der Waals surface area contributed by atoms with Gasteiger partial charge in [0.1, 0.15) is 22.8 Å². The molecular weight excluding hydrogens is 422 g/mol. The van der Waals surface area contributed by atoms with Crippen molar-refractivity contribution in [3.8, 4) is 17.0 Å². The van der Waals surface area contributed by atoms with Crippen LogP contribution in [0.4, 0.5) is 5.82 Å². The number of primary amides is 1. The Hall–Kier alpha value is -3.85. The molecule has 2 heterocycles. The van der Waals surface area contributed by atoms with Crippen molar-refractivity contribution in [3.05, 3.63) is 65.2 Å². The summed E-state index contributed by atoms with van der Waals surface area (Å²) in [5.41, 5.74) is 14.6. The minimum atomic E-state index is -0.631. The summed E-state index contributed by atoms with van der Waals surface area (Å²) in [6.45, 7) is 2.89. The van der Waals surface area contributed by atoms with Crippen LogP contribution >= 0.6 is 0 Å². The van der Waals surface area contributed by atoms with E-state index in [1.165, 1.54) is 7.11 Å². The average Bonchev–Trinajstić information content (AvgIpc) is 3.40. The molecule has 9 nitrogen and oxygen atoms in total. The molecule has 3 aromatic rings. The van der Waals surface area contributed by atoms with E-state index in [0.717, 1.165) is 12.0 Å². The zero-order valence-electron chi connectivity index (χ0n) is 18.6. The van der Waals surface area contributed by atoms with Gasteiger partial charge in [-0.1, -0.05) is 36.4 Å². The molecule has 1 aliphatic rings. The summed E-state index contributed by atoms with van der Waals surface area (Å²) in [5, 5.41) is 7.51. The van der Waals surface area contributed by atoms with Crippen LogP contribution in [0.5, 0.6) is 5.75 Å². The fourth-order valence-electron chi connectivity index (χ4n) is 4.08. The van der Waals surface area contributed by atoms with Gasteiger partial charge < -0.3 is 26.3 Å². The first kappa shape index (κ1) is 22.3. The first-order chi connectivity index (χ1) is 15.9. The Kier molecular flexibility index (Phi) is 6.32. The smallest absolute Gasteiger partial charge is 0.255 e. The van der Waals surface area contributed by atoms with Crippen LogP contribution in [0.2, 0.25) is 0 Å². The van der Waals surface area contributed by atoms with Crippen molar-refractivity contribution < 1.29 is 19.1 Å². The molecule has 33 heavy (non-hydrogen) atoms. The van der Waals surface area contributed by atoms with Gasteiger partial charge in [-0.05, 0) is 31.0 Å². The Morgan fingerprint density at radius 1 is 1.21 bits per heavy atom. The maximum atomic E-state index is 12.5. The van der Waals surface area contributed by atoms with Crippen LogP contribution in [0.25, 0.3) is 11.3 Å². The highest BCUT2D eigenvalue weighted by Gasteiger charge is 2.31. The van der Waals surface area contributed by atoms with E-state index in [9.17, 15) is 9.59 Å². The van der Waals surface area contributed by atoms with E-state index in [1.807, 2.05) is 37.3 Å². The number of nitrogen functional groups attached to an aromatic ring is 1. The molecule has 1 aromatic heterocycles. The number of carbonyl (C=O) groups is 2. The standard InChI is InChI=1S/C24H27N5O4/c1-14-18(11-12-33-14)29-22(25)20(23(26)30)21(28-29)16-9-7-15(8-10-16)13-27-24(31)17-5-3-4-6-19(17)32-2/h3-10,14,18H,11-13,25H2,1-2H3,(H2,26,30)(H,27,31)/t14-,18+/m1/s1. The van der Waals surface area contributed by atoms with Crippen molar-refractivity contribution in [1.29, 1.82) is 0 Å². The van der Waals surface area contributed by atoms with Gasteiger partial charge in [-0.2, -0.15) is 5.10 Å². The molecule has 0 aliphatic carbocycles. The summed E-state index contributed by atoms with van der Waals surface area (Å²) < 4.78 is 12.5. The number of para-hydroxylation sites is 1. The number of nitrogens with two attached hydrogens (primary N) is 2. The van der Waals surface area contributed by atoms with Crippen LogP contribution in [-0.4, -0.2) is 41.4 Å². The van der Waals surface area contributed by atoms with Crippen molar-refractivity contribution in [2.75, 3.05) is 19.5 Å². The number of methoxy groups -OCH3 is 1. The fraction of sp³-hybridized carbons (Fsp3) is 0.292. The van der Waals surface area contributed by atoms with Gasteiger partial charge in [-0.25, -0.2) is 4.68 Å². The number of nitrogens with zero attached hydrogens (tertiary/aromatic N) is 2. The van der Waals surface area contributed by atoms with Gasteiger partial charge in [0.2, 0.25) is 0 Å². The number of ether oxygens (including phenoxy) is 2. The van der Waals surface area contributed by atoms with Crippen molar-refractivity contribution in [2.24, 2.45) is 5.73 Å². The summed E-state index contributed by atoms with van der Waals surface area (Å²) >= 11 is 0. The van der Waals surface area contributed by atoms with Gasteiger partial charge in [-0.3, -0.25) is 9.59 Å². The van der Waals surface area contributed by atoms with E-state index in [4.69, 9.17) is 20.9 Å². The topological polar surface area (TPSA) is 134 Å². The van der Waals surface area contributed by atoms with Crippen LogP contribution < -0.4 is 21.5 Å². The lowest BCUT2D eigenvalue weighted by atomic mass is 10.0. The number of hydrogen-bond donors (Lipinski definition) is 3. The number of anilines is 1. The third-order valence-corrected chi connectivity index (χ3v) is 5.88. The first-order valence-corrected chi connectivity index (χ1v) is 10.7. The lowest BCUT2D eigenvalue weighted by molar-refractivity contribution is 0.0946. The van der Waals surface area contributed by atoms with E-state index < -0.39 is 5.91 Å². The van der Waals surface area contributed by atoms with Gasteiger partial charge in [0.15, 0.2) is 0 Å². The Bertz CT molecular complexity index is 1170. The monoisotopic (exact) mass is 449 g/mol. The molecule has 2 atom stereocenters. The highest BCUT2D eigenvalue weighted by molar-refractivity contribution is 6.03. The quantitative estimate of drug-likeness (QED) is 0.507. The minimum Gasteiger partial charge on any atom is -0.496 e. The summed E-state index contributed by atoms with van der Waals surface area (Å²) in [4.78, 5) is 24.7. The number of amides is 2. The lowest BCUT2D eigenvalue weighted by Crippen LogP contribution is -2.23. The van der Waals surface area contributed by atoms with E-state index in [2.05, 4.69) is 10.4 Å². The molecule has 9 heteroatoms. The molecular formula is C24H27N5O4. The molecule has 0 unspecified atom stereocenters. The molecule has 5 N–H and O–H groups in total. The van der Waals surface area contributed by atoms with Crippen LogP contribution in [-0.2, 0) is 11.3 Å². The number of rotatable bonds is 7. The Morgan fingerprint density at radius 3 is 2.58 bits per heavy atom. The van der Waals surface area contributed by atoms with Gasteiger partial charge in [0, 0.05) is 18.7 Å². The normalized spacial score (nSPS) is 17.6. The Morgan fingerprint density at radius 2 is 1.94 bits per heavy atom. The SMILES string of the molecule is COc1ccccc1C(=O)NCc1ccc(-c2nn([C@H]3CCO[C@@H]3C)c(N)c2C(N)=O)cc1. The van der Waals surface area contributed by atoms with Crippen molar-refractivity contribution in [2.45, 2.75) is 32.0 Å². The maximum absolute atomic E-state index is 12.5. The van der Waals surface area contributed by atoms with Crippen molar-refractivity contribution in [3.63, 3.8) is 0 Å². The third-order valence-electron chi connectivity index (χ3n) is 5.88.